The molecule has 0 radical (unpaired) electrons. The third kappa shape index (κ3) is 62.2. The Morgan fingerprint density at radius 2 is 0.698 bits per heavy atom. The van der Waals surface area contributed by atoms with E-state index in [-0.39, 0.29) is 81.5 Å². The van der Waals surface area contributed by atoms with Crippen LogP contribution in [0, 0.1) is 28.6 Å². The topological polar surface area (TPSA) is 367 Å². The predicted octanol–water partition coefficient (Wildman–Crippen LogP) is 28.6. The first-order valence-corrected chi connectivity index (χ1v) is 52.7. The molecule has 0 aromatic carbocycles. The molecule has 0 amide bonds. The number of oxazole rings is 2. The molecular weight excluding hydrogens is 1890 g/mol. The lowest BCUT2D eigenvalue weighted by atomic mass is 9.89. The minimum absolute atomic E-state index is 0.00819. The first kappa shape index (κ1) is 135. The van der Waals surface area contributed by atoms with Crippen LogP contribution in [0.5, 0.6) is 0 Å². The number of hydrogen-bond donors (Lipinski definition) is 0. The highest BCUT2D eigenvalue weighted by atomic mass is 32.1. The third-order valence-electron chi connectivity index (χ3n) is 19.3. The highest BCUT2D eigenvalue weighted by Gasteiger charge is 2.26. The molecule has 149 heavy (non-hydrogen) atoms. The zero-order valence-electron chi connectivity index (χ0n) is 99.7. The van der Waals surface area contributed by atoms with Gasteiger partial charge in [0.1, 0.15) is 60.2 Å². The molecule has 0 spiro atoms. The standard InChI is InChI=1S/C9H13N.C8H12N2.2C8H14N2.2C8H12N2.C8H13N.2C7H11N3.3C7H12N2.C7H11NO.2C7H11NS.C4H5NO/c1-9(2,3)8-6-4-5-7-10-8;1-8(2,3)7-4-9-6-10-5-7;4*1-8(2,3)7-9-5-4-6-10-7;1-8(2,3)9-6-4-5-7-9;1-7(2,3)6-4-8-5-9-10-6;1-7(2,3)6-8-4-5-9-10-6;2*1-7(2,3)6-8-4-5-9-6;1-7(2,3)9-6-4-5-8-9;3*1-7(2,3)6-8-4-5-9-6;1-4-5-2-3-6-4/h4-7H,1-3H3;4-6H,1-3H3;2*5H,4,6H2,1-3H3;2*4-6H,1-3H3;4-7H,1-3H3;2*4-5H,1-3H3;2*4H,5H2,1-3H3;4-6H,1-3H3;3*4-5H,1-3H3;2-3H,1H3. The summed E-state index contributed by atoms with van der Waals surface area (Å²) in [7, 11) is 0. The van der Waals surface area contributed by atoms with E-state index in [1.54, 1.807) is 110 Å². The molecule has 16 rings (SSSR count). The number of hydrogen-bond acceptors (Lipinski definition) is 30. The van der Waals surface area contributed by atoms with E-state index >= 15 is 0 Å². The fourth-order valence-electron chi connectivity index (χ4n) is 10.7. The Hall–Kier alpha value is -12.1. The van der Waals surface area contributed by atoms with Crippen LogP contribution in [0.2, 0.25) is 0 Å². The molecule has 4 aliphatic heterocycles. The van der Waals surface area contributed by atoms with Crippen molar-refractivity contribution in [3.63, 3.8) is 0 Å². The van der Waals surface area contributed by atoms with Crippen LogP contribution < -0.4 is 0 Å². The van der Waals surface area contributed by atoms with Gasteiger partial charge in [-0.15, -0.1) is 32.9 Å². The molecule has 0 unspecified atom stereocenters. The molecular formula is C117H186N28O2S2. The SMILES string of the molecule is CC(C)(C)C1=NCC=N1.CC(C)(C)C1=NCC=N1.CC(C)(C)C1=NCCC=N1.CC(C)(C)C1=NCCC=N1.CC(C)(C)c1ccccn1.CC(C)(C)c1cncnc1.CC(C)(C)c1cncnn1.CC(C)(C)c1ncccn1.CC(C)(C)c1ncccn1.CC(C)(C)c1nccnn1.CC(C)(C)c1ncco1.CC(C)(C)c1nccs1.CC(C)(C)c1nccs1.CC(C)(C)n1cccc1.CC(C)(C)n1cccn1.Cc1ncco1. The number of aryl methyl sites for hydroxylation is 1. The van der Waals surface area contributed by atoms with Crippen molar-refractivity contribution in [3.05, 3.63) is 252 Å². The van der Waals surface area contributed by atoms with E-state index in [0.29, 0.717) is 0 Å². The molecule has 0 atom stereocenters. The van der Waals surface area contributed by atoms with Crippen LogP contribution in [-0.2, 0) is 59.8 Å². The number of pyridine rings is 1. The van der Waals surface area contributed by atoms with Crippen molar-refractivity contribution in [2.75, 3.05) is 26.2 Å². The Balaban J connectivity index is 0.000000795. The van der Waals surface area contributed by atoms with Gasteiger partial charge >= 0.3 is 0 Å². The van der Waals surface area contributed by atoms with Gasteiger partial charge < -0.3 is 13.4 Å². The molecule has 818 valence electrons. The van der Waals surface area contributed by atoms with Crippen LogP contribution in [0.4, 0.5) is 0 Å². The van der Waals surface area contributed by atoms with Gasteiger partial charge in [0.15, 0.2) is 17.6 Å². The Morgan fingerprint density at radius 1 is 0.289 bits per heavy atom. The summed E-state index contributed by atoms with van der Waals surface area (Å²) in [4.78, 5) is 86.6. The van der Waals surface area contributed by atoms with Crippen LogP contribution in [0.3, 0.4) is 0 Å². The van der Waals surface area contributed by atoms with Crippen molar-refractivity contribution in [1.82, 2.24) is 99.5 Å². The van der Waals surface area contributed by atoms with Gasteiger partial charge in [0, 0.05) is 231 Å². The average molecular weight is 2080 g/mol. The molecule has 0 fully saturated rings. The zero-order valence-corrected chi connectivity index (χ0v) is 101. The number of amidine groups is 4. The van der Waals surface area contributed by atoms with Crippen molar-refractivity contribution in [1.29, 1.82) is 0 Å². The molecule has 30 nitrogen and oxygen atoms in total. The second-order valence-electron chi connectivity index (χ2n) is 50.2. The van der Waals surface area contributed by atoms with E-state index in [2.05, 4.69) is 465 Å². The summed E-state index contributed by atoms with van der Waals surface area (Å²) in [5.74, 6) is 8.01. The molecule has 0 aliphatic carbocycles. The Morgan fingerprint density at radius 3 is 0.893 bits per heavy atom. The van der Waals surface area contributed by atoms with Gasteiger partial charge in [0.2, 0.25) is 0 Å². The van der Waals surface area contributed by atoms with Gasteiger partial charge in [-0.3, -0.25) is 29.6 Å². The quantitative estimate of drug-likeness (QED) is 0.136. The fourth-order valence-corrected chi connectivity index (χ4v) is 12.2. The van der Waals surface area contributed by atoms with Crippen LogP contribution in [0.1, 0.15) is 381 Å². The molecule has 0 saturated heterocycles. The van der Waals surface area contributed by atoms with Crippen molar-refractivity contribution < 1.29 is 8.83 Å². The lowest BCUT2D eigenvalue weighted by Gasteiger charge is -2.20. The molecule has 12 aromatic rings. The van der Waals surface area contributed by atoms with E-state index in [9.17, 15) is 0 Å². The minimum Gasteiger partial charge on any atom is -0.449 e. The molecule has 32 heteroatoms. The van der Waals surface area contributed by atoms with Crippen LogP contribution in [0.15, 0.2) is 245 Å². The van der Waals surface area contributed by atoms with E-state index in [4.69, 9.17) is 8.83 Å². The number of aliphatic imine (C=N–C) groups is 8. The van der Waals surface area contributed by atoms with Crippen molar-refractivity contribution >= 4 is 70.9 Å². The van der Waals surface area contributed by atoms with E-state index in [1.807, 2.05) is 120 Å². The number of thiazole rings is 2. The van der Waals surface area contributed by atoms with E-state index < -0.39 is 0 Å². The maximum Gasteiger partial charge on any atom is 0.199 e. The van der Waals surface area contributed by atoms with Crippen LogP contribution in [0.25, 0.3) is 0 Å². The maximum atomic E-state index is 5.09. The number of rotatable bonds is 0. The van der Waals surface area contributed by atoms with Gasteiger partial charge in [-0.05, 0) is 95.0 Å². The first-order valence-electron chi connectivity index (χ1n) is 51.0. The number of aromatic nitrogens is 20. The molecule has 16 heterocycles. The largest absolute Gasteiger partial charge is 0.449 e. The highest BCUT2D eigenvalue weighted by molar-refractivity contribution is 7.10. The van der Waals surface area contributed by atoms with Gasteiger partial charge in [0.05, 0.1) is 59.1 Å². The lowest BCUT2D eigenvalue weighted by molar-refractivity contribution is 0.355. The monoisotopic (exact) mass is 2080 g/mol. The summed E-state index contributed by atoms with van der Waals surface area (Å²) >= 11 is 3.44. The summed E-state index contributed by atoms with van der Waals surface area (Å²) < 4.78 is 13.9. The summed E-state index contributed by atoms with van der Waals surface area (Å²) in [5, 5.41) is 25.8. The van der Waals surface area contributed by atoms with Crippen molar-refractivity contribution in [3.8, 4) is 0 Å². The molecule has 4 aliphatic rings. The Labute approximate surface area is 904 Å². The van der Waals surface area contributed by atoms with Crippen molar-refractivity contribution in [2.24, 2.45) is 61.6 Å². The lowest BCUT2D eigenvalue weighted by Crippen LogP contribution is -2.21. The molecule has 0 bridgehead atoms. The Bertz CT molecular complexity index is 4960. The highest BCUT2D eigenvalue weighted by Crippen LogP contribution is 2.29. The second kappa shape index (κ2) is 63.2. The number of nitrogens with zero attached hydrogens (tertiary/aromatic N) is 28. The van der Waals surface area contributed by atoms with Crippen LogP contribution >= 0.6 is 22.7 Å². The van der Waals surface area contributed by atoms with Crippen LogP contribution in [-0.4, -0.2) is 174 Å². The van der Waals surface area contributed by atoms with Crippen molar-refractivity contribution in [2.45, 2.75) is 391 Å². The fraction of sp³-hybridized carbons (Fsp3) is 0.573. The molecule has 0 N–H and O–H groups in total. The second-order valence-corrected chi connectivity index (χ2v) is 52.0. The predicted molar refractivity (Wildman–Crippen MR) is 627 cm³/mol. The first-order chi connectivity index (χ1) is 68.5. The summed E-state index contributed by atoms with van der Waals surface area (Å²) in [6, 6.07) is 15.7. The Kier molecular flexibility index (Phi) is 57.2. The minimum atomic E-state index is 0.00819. The van der Waals surface area contributed by atoms with E-state index in [0.717, 1.165) is 103 Å². The normalized spacial score (nSPS) is 13.3. The van der Waals surface area contributed by atoms with Gasteiger partial charge in [-0.1, -0.05) is 276 Å². The maximum absolute atomic E-state index is 5.09. The summed E-state index contributed by atoms with van der Waals surface area (Å²) in [6.07, 6.45) is 48.3. The van der Waals surface area contributed by atoms with Gasteiger partial charge in [-0.25, -0.2) is 79.8 Å². The molecule has 12 aromatic heterocycles. The molecule has 0 saturated carbocycles. The third-order valence-corrected chi connectivity index (χ3v) is 21.7. The van der Waals surface area contributed by atoms with E-state index in [1.165, 1.54) is 21.9 Å². The van der Waals surface area contributed by atoms with Gasteiger partial charge in [0.25, 0.3) is 0 Å². The zero-order chi connectivity index (χ0) is 114. The summed E-state index contributed by atoms with van der Waals surface area (Å²) in [5.41, 5.74) is 5.19. The van der Waals surface area contributed by atoms with Gasteiger partial charge in [-0.2, -0.15) is 15.3 Å². The average Bonchev–Trinajstić information content (AvgIpc) is 1.40. The summed E-state index contributed by atoms with van der Waals surface area (Å²) in [6.45, 7) is 101. The smallest absolute Gasteiger partial charge is 0.199 e.